The second kappa shape index (κ2) is 10.3. The van der Waals surface area contributed by atoms with Gasteiger partial charge in [-0.25, -0.2) is 0 Å². The number of benzene rings is 2. The van der Waals surface area contributed by atoms with Gasteiger partial charge in [0.05, 0.1) is 14.2 Å². The van der Waals surface area contributed by atoms with Gasteiger partial charge in [0, 0.05) is 29.4 Å². The lowest BCUT2D eigenvalue weighted by Gasteiger charge is -2.29. The van der Waals surface area contributed by atoms with Crippen LogP contribution in [0.15, 0.2) is 46.2 Å². The van der Waals surface area contributed by atoms with Gasteiger partial charge in [-0.1, -0.05) is 0 Å². The zero-order valence-electron chi connectivity index (χ0n) is 16.3. The number of hydrogen-bond acceptors (Lipinski definition) is 6. The normalized spacial score (nSPS) is 14.0. The Kier molecular flexibility index (Phi) is 7.76. The summed E-state index contributed by atoms with van der Waals surface area (Å²) in [6, 6.07) is 12.9. The third-order valence-corrected chi connectivity index (χ3v) is 6.40. The lowest BCUT2D eigenvalue weighted by atomic mass is 9.98. The second-order valence-electron chi connectivity index (χ2n) is 6.53. The zero-order chi connectivity index (χ0) is 19.1. The Bertz CT molecular complexity index is 738. The zero-order valence-corrected chi connectivity index (χ0v) is 17.9. The van der Waals surface area contributed by atoms with Crippen molar-refractivity contribution in [3.8, 4) is 11.5 Å². The van der Waals surface area contributed by atoms with Crippen LogP contribution in [0.5, 0.6) is 11.5 Å². The summed E-state index contributed by atoms with van der Waals surface area (Å²) in [5.74, 6) is 1.65. The molecule has 0 bridgehead atoms. The molecule has 6 heteroatoms. The van der Waals surface area contributed by atoms with E-state index in [1.54, 1.807) is 37.9 Å². The number of nitrogens with one attached hydrogen (secondary N) is 1. The molecule has 0 fully saturated rings. The third kappa shape index (κ3) is 5.57. The molecular weight excluding hydrogens is 376 g/mol. The lowest BCUT2D eigenvalue weighted by molar-refractivity contribution is 0.250. The highest BCUT2D eigenvalue weighted by atomic mass is 32.2. The van der Waals surface area contributed by atoms with E-state index in [-0.39, 0.29) is 0 Å². The lowest BCUT2D eigenvalue weighted by Crippen LogP contribution is -2.32. The summed E-state index contributed by atoms with van der Waals surface area (Å²) < 4.78 is 14.3. The fourth-order valence-corrected chi connectivity index (χ4v) is 4.38. The Morgan fingerprint density at radius 3 is 2.33 bits per heavy atom. The summed E-state index contributed by atoms with van der Waals surface area (Å²) in [5, 5.41) is 0. The van der Waals surface area contributed by atoms with E-state index in [9.17, 15) is 0 Å². The molecule has 0 aromatic heterocycles. The van der Waals surface area contributed by atoms with E-state index < -0.39 is 0 Å². The first-order valence-electron chi connectivity index (χ1n) is 9.23. The Labute approximate surface area is 171 Å². The van der Waals surface area contributed by atoms with Gasteiger partial charge in [0.2, 0.25) is 0 Å². The number of nitrogens with zero attached hydrogens (tertiary/aromatic N) is 1. The van der Waals surface area contributed by atoms with Crippen molar-refractivity contribution in [3.63, 3.8) is 0 Å². The van der Waals surface area contributed by atoms with Gasteiger partial charge in [-0.3, -0.25) is 9.62 Å². The van der Waals surface area contributed by atoms with Crippen molar-refractivity contribution in [3.05, 3.63) is 47.5 Å². The van der Waals surface area contributed by atoms with Crippen LogP contribution >= 0.6 is 23.7 Å². The molecule has 2 aromatic rings. The average molecular weight is 405 g/mol. The largest absolute Gasteiger partial charge is 0.493 e. The molecule has 27 heavy (non-hydrogen) atoms. The van der Waals surface area contributed by atoms with E-state index in [2.05, 4.69) is 52.3 Å². The van der Waals surface area contributed by atoms with Crippen molar-refractivity contribution in [2.75, 3.05) is 40.1 Å². The summed E-state index contributed by atoms with van der Waals surface area (Å²) in [6.07, 6.45) is 4.31. The van der Waals surface area contributed by atoms with E-state index in [1.165, 1.54) is 20.9 Å². The summed E-state index contributed by atoms with van der Waals surface area (Å²) in [5.41, 5.74) is 2.74. The van der Waals surface area contributed by atoms with Crippen molar-refractivity contribution in [1.82, 2.24) is 9.62 Å². The first-order chi connectivity index (χ1) is 13.2. The Hall–Kier alpha value is -1.34. The summed E-state index contributed by atoms with van der Waals surface area (Å²) >= 11 is 3.49. The van der Waals surface area contributed by atoms with Gasteiger partial charge in [0.1, 0.15) is 0 Å². The fraction of sp³-hybridized carbons (Fsp3) is 0.429. The minimum Gasteiger partial charge on any atom is -0.493 e. The molecule has 4 nitrogen and oxygen atoms in total. The molecule has 2 aromatic carbocycles. The third-order valence-electron chi connectivity index (χ3n) is 4.80. The van der Waals surface area contributed by atoms with Crippen molar-refractivity contribution in [1.29, 1.82) is 0 Å². The van der Waals surface area contributed by atoms with Gasteiger partial charge in [-0.15, -0.1) is 11.8 Å². The summed E-state index contributed by atoms with van der Waals surface area (Å²) in [6.45, 7) is 4.20. The van der Waals surface area contributed by atoms with Crippen LogP contribution in [0, 0.1) is 0 Å². The molecule has 0 saturated heterocycles. The maximum atomic E-state index is 5.45. The Morgan fingerprint density at radius 2 is 1.67 bits per heavy atom. The number of ether oxygens (including phenoxy) is 2. The molecule has 0 radical (unpaired) electrons. The van der Waals surface area contributed by atoms with Gasteiger partial charge in [-0.05, 0) is 85.1 Å². The molecule has 1 aliphatic heterocycles. The van der Waals surface area contributed by atoms with Crippen molar-refractivity contribution in [2.24, 2.45) is 0 Å². The van der Waals surface area contributed by atoms with Crippen LogP contribution in [0.25, 0.3) is 0 Å². The Balaban J connectivity index is 1.42. The van der Waals surface area contributed by atoms with Crippen LogP contribution in [0.3, 0.4) is 0 Å². The first kappa shape index (κ1) is 20.4. The molecule has 0 atom stereocenters. The van der Waals surface area contributed by atoms with Crippen molar-refractivity contribution < 1.29 is 9.47 Å². The van der Waals surface area contributed by atoms with Crippen molar-refractivity contribution in [2.45, 2.75) is 29.2 Å². The van der Waals surface area contributed by atoms with E-state index in [0.29, 0.717) is 0 Å². The van der Waals surface area contributed by atoms with Crippen LogP contribution in [-0.4, -0.2) is 45.0 Å². The second-order valence-corrected chi connectivity index (χ2v) is 8.37. The quantitative estimate of drug-likeness (QED) is 0.377. The molecule has 0 spiro atoms. The number of thioether (sulfide) groups is 1. The predicted molar refractivity (Wildman–Crippen MR) is 115 cm³/mol. The minimum absolute atomic E-state index is 0.823. The number of hydrogen-bond donors (Lipinski definition) is 1. The molecule has 0 saturated carbocycles. The van der Waals surface area contributed by atoms with E-state index in [1.807, 2.05) is 0 Å². The van der Waals surface area contributed by atoms with Crippen LogP contribution in [0.4, 0.5) is 0 Å². The topological polar surface area (TPSA) is 33.7 Å². The maximum absolute atomic E-state index is 5.45. The number of rotatable bonds is 9. The average Bonchev–Trinajstić information content (AvgIpc) is 2.72. The molecule has 146 valence electrons. The van der Waals surface area contributed by atoms with E-state index in [0.717, 1.165) is 50.5 Å². The predicted octanol–water partition coefficient (Wildman–Crippen LogP) is 4.47. The van der Waals surface area contributed by atoms with Crippen LogP contribution < -0.4 is 14.2 Å². The Morgan fingerprint density at radius 1 is 1.00 bits per heavy atom. The van der Waals surface area contributed by atoms with Gasteiger partial charge >= 0.3 is 0 Å². The molecule has 1 heterocycles. The highest BCUT2D eigenvalue weighted by Crippen LogP contribution is 2.33. The molecule has 3 rings (SSSR count). The SMILES string of the molecule is COc1cc2c(cc1OC)CN(CCCNSc1ccc(SC)cc1)CC2. The van der Waals surface area contributed by atoms with Gasteiger partial charge in [0.25, 0.3) is 0 Å². The minimum atomic E-state index is 0.823. The van der Waals surface area contributed by atoms with Crippen molar-refractivity contribution >= 4 is 23.7 Å². The first-order valence-corrected chi connectivity index (χ1v) is 11.3. The van der Waals surface area contributed by atoms with Gasteiger partial charge in [-0.2, -0.15) is 0 Å². The number of fused-ring (bicyclic) bond motifs is 1. The van der Waals surface area contributed by atoms with Crippen LogP contribution in [0.2, 0.25) is 0 Å². The highest BCUT2D eigenvalue weighted by molar-refractivity contribution is 7.98. The van der Waals surface area contributed by atoms with Crippen LogP contribution in [-0.2, 0) is 13.0 Å². The van der Waals surface area contributed by atoms with Crippen LogP contribution in [0.1, 0.15) is 17.5 Å². The molecule has 1 N–H and O–H groups in total. The number of methoxy groups -OCH3 is 2. The van der Waals surface area contributed by atoms with Gasteiger partial charge in [0.15, 0.2) is 11.5 Å². The van der Waals surface area contributed by atoms with E-state index in [4.69, 9.17) is 9.47 Å². The standard InChI is InChI=1S/C21H28N2O2S2/c1-24-20-13-16-9-12-23(15-17(16)14-21(20)25-2)11-4-10-22-27-19-7-5-18(26-3)6-8-19/h5-8,13-14,22H,4,9-12,15H2,1-3H3. The maximum Gasteiger partial charge on any atom is 0.161 e. The molecule has 0 aliphatic carbocycles. The molecule has 0 amide bonds. The smallest absolute Gasteiger partial charge is 0.161 e. The molecule has 0 unspecified atom stereocenters. The summed E-state index contributed by atoms with van der Waals surface area (Å²) in [7, 11) is 3.39. The molecule has 1 aliphatic rings. The fourth-order valence-electron chi connectivity index (χ4n) is 3.29. The van der Waals surface area contributed by atoms with Gasteiger partial charge < -0.3 is 9.47 Å². The summed E-state index contributed by atoms with van der Waals surface area (Å²) in [4.78, 5) is 5.09. The monoisotopic (exact) mass is 404 g/mol. The molecular formula is C21H28N2O2S2. The van der Waals surface area contributed by atoms with E-state index >= 15 is 0 Å². The highest BCUT2D eigenvalue weighted by Gasteiger charge is 2.19.